The summed E-state index contributed by atoms with van der Waals surface area (Å²) in [4.78, 5) is 24.3. The van der Waals surface area contributed by atoms with Crippen molar-refractivity contribution in [2.75, 3.05) is 13.1 Å². The van der Waals surface area contributed by atoms with E-state index in [0.717, 1.165) is 11.1 Å². The van der Waals surface area contributed by atoms with E-state index in [1.807, 2.05) is 45.0 Å². The summed E-state index contributed by atoms with van der Waals surface area (Å²) in [5.41, 5.74) is 0.322. The summed E-state index contributed by atoms with van der Waals surface area (Å²) >= 11 is 0. The number of nitrogens with zero attached hydrogens (tertiary/aromatic N) is 2. The van der Waals surface area contributed by atoms with E-state index in [9.17, 15) is 20.0 Å². The minimum Gasteiger partial charge on any atom is -0.465 e. The summed E-state index contributed by atoms with van der Waals surface area (Å²) in [6.07, 6.45) is -0.749. The fraction of sp³-hybridized carbons (Fsp3) is 0.591. The highest BCUT2D eigenvalue weighted by molar-refractivity contribution is 5.70. The SMILES string of the molecule is CC(C)(C)OC(=O)CCC(C)(C#N)c1ccc(C2CCN(C(=O)O)CC2O)cc1. The summed E-state index contributed by atoms with van der Waals surface area (Å²) in [6, 6.07) is 9.77. The Morgan fingerprint density at radius 2 is 1.86 bits per heavy atom. The molecule has 0 aliphatic carbocycles. The number of aliphatic hydroxyl groups excluding tert-OH is 1. The number of likely N-dealkylation sites (tertiary alicyclic amines) is 1. The number of amides is 1. The molecule has 7 heteroatoms. The van der Waals surface area contributed by atoms with Gasteiger partial charge in [-0.3, -0.25) is 4.79 Å². The number of ether oxygens (including phenoxy) is 1. The molecular weight excluding hydrogens is 372 g/mol. The third-order valence-corrected chi connectivity index (χ3v) is 5.32. The van der Waals surface area contributed by atoms with Gasteiger partial charge in [-0.25, -0.2) is 4.79 Å². The summed E-state index contributed by atoms with van der Waals surface area (Å²) in [5.74, 6) is -0.473. The van der Waals surface area contributed by atoms with E-state index in [4.69, 9.17) is 9.84 Å². The van der Waals surface area contributed by atoms with Crippen LogP contribution in [-0.2, 0) is 14.9 Å². The molecule has 1 fully saturated rings. The molecule has 0 spiro atoms. The molecule has 1 aliphatic rings. The number of esters is 1. The van der Waals surface area contributed by atoms with Crippen LogP contribution in [0.5, 0.6) is 0 Å². The highest BCUT2D eigenvalue weighted by Gasteiger charge is 2.32. The average molecular weight is 402 g/mol. The molecular formula is C22H30N2O5. The van der Waals surface area contributed by atoms with Gasteiger partial charge < -0.3 is 19.8 Å². The number of nitriles is 1. The Bertz CT molecular complexity index is 778. The fourth-order valence-corrected chi connectivity index (χ4v) is 3.60. The number of rotatable bonds is 5. The zero-order valence-electron chi connectivity index (χ0n) is 17.5. The van der Waals surface area contributed by atoms with E-state index < -0.39 is 23.2 Å². The number of carbonyl (C=O) groups is 2. The number of hydrogen-bond donors (Lipinski definition) is 2. The van der Waals surface area contributed by atoms with Crippen molar-refractivity contribution >= 4 is 12.1 Å². The predicted octanol–water partition coefficient (Wildman–Crippen LogP) is 3.42. The first-order chi connectivity index (χ1) is 13.4. The number of benzene rings is 1. The van der Waals surface area contributed by atoms with Crippen LogP contribution in [0.3, 0.4) is 0 Å². The lowest BCUT2D eigenvalue weighted by molar-refractivity contribution is -0.155. The Hall–Kier alpha value is -2.59. The van der Waals surface area contributed by atoms with Gasteiger partial charge in [0.1, 0.15) is 5.60 Å². The van der Waals surface area contributed by atoms with Gasteiger partial charge in [0.15, 0.2) is 0 Å². The van der Waals surface area contributed by atoms with Crippen LogP contribution >= 0.6 is 0 Å². The summed E-state index contributed by atoms with van der Waals surface area (Å²) in [5, 5.41) is 29.1. The average Bonchev–Trinajstić information content (AvgIpc) is 2.65. The highest BCUT2D eigenvalue weighted by atomic mass is 16.6. The van der Waals surface area contributed by atoms with E-state index in [1.54, 1.807) is 6.92 Å². The van der Waals surface area contributed by atoms with Crippen molar-refractivity contribution in [1.82, 2.24) is 4.90 Å². The second-order valence-corrected chi connectivity index (χ2v) is 8.84. The Morgan fingerprint density at radius 3 is 2.34 bits per heavy atom. The van der Waals surface area contributed by atoms with Crippen LogP contribution in [-0.4, -0.2) is 52.0 Å². The van der Waals surface area contributed by atoms with Crippen molar-refractivity contribution in [2.45, 2.75) is 70.0 Å². The van der Waals surface area contributed by atoms with Gasteiger partial charge in [0, 0.05) is 18.9 Å². The lowest BCUT2D eigenvalue weighted by atomic mass is 9.78. The molecule has 2 rings (SSSR count). The Kier molecular flexibility index (Phi) is 6.91. The van der Waals surface area contributed by atoms with Crippen molar-refractivity contribution in [2.24, 2.45) is 0 Å². The molecule has 1 saturated heterocycles. The van der Waals surface area contributed by atoms with Gasteiger partial charge in [-0.1, -0.05) is 24.3 Å². The largest absolute Gasteiger partial charge is 0.465 e. The number of hydrogen-bond acceptors (Lipinski definition) is 5. The van der Waals surface area contributed by atoms with E-state index in [-0.39, 0.29) is 24.9 Å². The molecule has 1 aromatic rings. The number of β-amino-alcohol motifs (C(OH)–C–C–N with tert-alkyl or cyclic N) is 1. The molecule has 3 atom stereocenters. The zero-order chi connectivity index (χ0) is 21.8. The molecule has 1 heterocycles. The molecule has 1 aliphatic heterocycles. The summed E-state index contributed by atoms with van der Waals surface area (Å²) in [7, 11) is 0. The first kappa shape index (κ1) is 22.7. The number of carbonyl (C=O) groups excluding carboxylic acids is 1. The molecule has 2 N–H and O–H groups in total. The second-order valence-electron chi connectivity index (χ2n) is 8.84. The molecule has 0 aromatic heterocycles. The monoisotopic (exact) mass is 402 g/mol. The minimum atomic E-state index is -1.02. The molecule has 3 unspecified atom stereocenters. The zero-order valence-corrected chi connectivity index (χ0v) is 17.5. The van der Waals surface area contributed by atoms with Crippen molar-refractivity contribution < 1.29 is 24.5 Å². The van der Waals surface area contributed by atoms with E-state index in [0.29, 0.717) is 19.4 Å². The van der Waals surface area contributed by atoms with Crippen LogP contribution in [0.2, 0.25) is 0 Å². The van der Waals surface area contributed by atoms with Crippen LogP contribution in [0.4, 0.5) is 4.79 Å². The molecule has 7 nitrogen and oxygen atoms in total. The first-order valence-corrected chi connectivity index (χ1v) is 9.84. The van der Waals surface area contributed by atoms with Crippen LogP contribution in [0.25, 0.3) is 0 Å². The topological polar surface area (TPSA) is 111 Å². The lowest BCUT2D eigenvalue weighted by Crippen LogP contribution is -2.45. The molecule has 158 valence electrons. The Balaban J connectivity index is 2.06. The van der Waals surface area contributed by atoms with Gasteiger partial charge in [0.2, 0.25) is 0 Å². The molecule has 29 heavy (non-hydrogen) atoms. The van der Waals surface area contributed by atoms with Gasteiger partial charge in [0.25, 0.3) is 0 Å². The minimum absolute atomic E-state index is 0.0908. The summed E-state index contributed by atoms with van der Waals surface area (Å²) < 4.78 is 5.33. The molecule has 0 saturated carbocycles. The van der Waals surface area contributed by atoms with E-state index in [2.05, 4.69) is 6.07 Å². The molecule has 0 bridgehead atoms. The van der Waals surface area contributed by atoms with Crippen LogP contribution < -0.4 is 0 Å². The fourth-order valence-electron chi connectivity index (χ4n) is 3.60. The Labute approximate surface area is 171 Å². The molecule has 0 radical (unpaired) electrons. The quantitative estimate of drug-likeness (QED) is 0.730. The van der Waals surface area contributed by atoms with Crippen molar-refractivity contribution in [3.63, 3.8) is 0 Å². The normalized spacial score (nSPS) is 21.7. The van der Waals surface area contributed by atoms with Gasteiger partial charge in [0.05, 0.1) is 24.1 Å². The van der Waals surface area contributed by atoms with Crippen molar-refractivity contribution in [1.29, 1.82) is 5.26 Å². The van der Waals surface area contributed by atoms with E-state index >= 15 is 0 Å². The van der Waals surface area contributed by atoms with Crippen LogP contribution in [0.1, 0.15) is 64.0 Å². The Morgan fingerprint density at radius 1 is 1.24 bits per heavy atom. The maximum atomic E-state index is 12.0. The molecule has 1 amide bonds. The van der Waals surface area contributed by atoms with Crippen molar-refractivity contribution in [3.8, 4) is 6.07 Å². The molecule has 1 aromatic carbocycles. The van der Waals surface area contributed by atoms with Gasteiger partial charge >= 0.3 is 12.1 Å². The first-order valence-electron chi connectivity index (χ1n) is 9.84. The number of carboxylic acid groups (broad SMARTS) is 1. The number of piperidine rings is 1. The van der Waals surface area contributed by atoms with E-state index in [1.165, 1.54) is 4.90 Å². The smallest absolute Gasteiger partial charge is 0.407 e. The maximum Gasteiger partial charge on any atom is 0.407 e. The van der Waals surface area contributed by atoms with Gasteiger partial charge in [-0.2, -0.15) is 5.26 Å². The lowest BCUT2D eigenvalue weighted by Gasteiger charge is -2.34. The van der Waals surface area contributed by atoms with Crippen LogP contribution in [0, 0.1) is 11.3 Å². The number of aliphatic hydroxyl groups is 1. The van der Waals surface area contributed by atoms with Gasteiger partial charge in [-0.05, 0) is 51.7 Å². The second kappa shape index (κ2) is 8.83. The predicted molar refractivity (Wildman–Crippen MR) is 107 cm³/mol. The standard InChI is InChI=1S/C22H30N2O5/c1-21(2,3)29-19(26)9-11-22(4,14-23)16-7-5-15(6-8-16)17-10-12-24(20(27)28)13-18(17)25/h5-8,17-18,25H,9-13H2,1-4H3,(H,27,28). The van der Waals surface area contributed by atoms with Crippen LogP contribution in [0.15, 0.2) is 24.3 Å². The van der Waals surface area contributed by atoms with Crippen molar-refractivity contribution in [3.05, 3.63) is 35.4 Å². The third kappa shape index (κ3) is 5.94. The third-order valence-electron chi connectivity index (χ3n) is 5.32. The maximum absolute atomic E-state index is 12.0. The summed E-state index contributed by atoms with van der Waals surface area (Å²) in [6.45, 7) is 7.69. The van der Waals surface area contributed by atoms with Gasteiger partial charge in [-0.15, -0.1) is 0 Å². The highest BCUT2D eigenvalue weighted by Crippen LogP contribution is 2.33.